The molecule has 2 N–H and O–H groups in total. The van der Waals surface area contributed by atoms with Crippen LogP contribution in [0, 0.1) is 0 Å². The molecule has 0 radical (unpaired) electrons. The van der Waals surface area contributed by atoms with Gasteiger partial charge in [0, 0.05) is 34.0 Å². The summed E-state index contributed by atoms with van der Waals surface area (Å²) in [5, 5.41) is 12.7. The van der Waals surface area contributed by atoms with Crippen LogP contribution in [0.5, 0.6) is 0 Å². The monoisotopic (exact) mass is 259 g/mol. The molecule has 2 heterocycles. The first kappa shape index (κ1) is 11.3. The summed E-state index contributed by atoms with van der Waals surface area (Å²) < 4.78 is 0. The van der Waals surface area contributed by atoms with Crippen molar-refractivity contribution in [1.82, 2.24) is 5.32 Å². The van der Waals surface area contributed by atoms with Gasteiger partial charge < -0.3 is 10.4 Å². The van der Waals surface area contributed by atoms with Crippen molar-refractivity contribution in [3.63, 3.8) is 0 Å². The van der Waals surface area contributed by atoms with Gasteiger partial charge in [0.2, 0.25) is 5.78 Å². The van der Waals surface area contributed by atoms with Gasteiger partial charge in [-0.25, -0.2) is 0 Å². The molecule has 3 nitrogen and oxygen atoms in total. The van der Waals surface area contributed by atoms with Gasteiger partial charge in [-0.05, 0) is 30.7 Å². The highest BCUT2D eigenvalue weighted by molar-refractivity contribution is 7.14. The number of Topliss-reactive ketones (excluding diaryl/α,β-unsaturated/α-hetero) is 1. The van der Waals surface area contributed by atoms with Crippen molar-refractivity contribution < 1.29 is 9.90 Å². The number of dihydropyridines is 1. The second kappa shape index (κ2) is 4.14. The van der Waals surface area contributed by atoms with Crippen LogP contribution in [-0.2, 0) is 4.79 Å². The Morgan fingerprint density at radius 1 is 1.33 bits per heavy atom. The van der Waals surface area contributed by atoms with Crippen LogP contribution < -0.4 is 5.32 Å². The molecule has 0 spiro atoms. The number of hydrogen-bond acceptors (Lipinski definition) is 4. The summed E-state index contributed by atoms with van der Waals surface area (Å²) in [6.07, 6.45) is 4.61. The summed E-state index contributed by atoms with van der Waals surface area (Å²) in [5.41, 5.74) is 3.14. The summed E-state index contributed by atoms with van der Waals surface area (Å²) in [5.74, 6) is -0.216. The number of rotatable bonds is 2. The lowest BCUT2D eigenvalue weighted by Gasteiger charge is -2.15. The van der Waals surface area contributed by atoms with E-state index < -0.39 is 0 Å². The van der Waals surface area contributed by atoms with Crippen molar-refractivity contribution in [2.24, 2.45) is 0 Å². The van der Waals surface area contributed by atoms with E-state index in [4.69, 9.17) is 0 Å². The molecule has 18 heavy (non-hydrogen) atoms. The number of ketones is 1. The van der Waals surface area contributed by atoms with Crippen LogP contribution in [0.2, 0.25) is 0 Å². The van der Waals surface area contributed by atoms with Crippen LogP contribution in [0.15, 0.2) is 35.7 Å². The molecule has 1 aliphatic carbocycles. The number of aliphatic hydroxyl groups excluding tert-OH is 1. The molecule has 0 fully saturated rings. The zero-order valence-electron chi connectivity index (χ0n) is 9.99. The van der Waals surface area contributed by atoms with Crippen molar-refractivity contribution >= 4 is 28.3 Å². The highest BCUT2D eigenvalue weighted by Gasteiger charge is 2.28. The molecule has 0 saturated heterocycles. The van der Waals surface area contributed by atoms with Crippen molar-refractivity contribution in [3.05, 3.63) is 45.5 Å². The van der Waals surface area contributed by atoms with E-state index >= 15 is 0 Å². The van der Waals surface area contributed by atoms with Crippen molar-refractivity contribution in [3.8, 4) is 0 Å². The van der Waals surface area contributed by atoms with E-state index in [1.807, 2.05) is 19.1 Å². The van der Waals surface area contributed by atoms with Crippen molar-refractivity contribution in [2.45, 2.75) is 13.3 Å². The Kier molecular flexibility index (Phi) is 2.59. The van der Waals surface area contributed by atoms with Gasteiger partial charge in [-0.2, -0.15) is 0 Å². The first-order chi connectivity index (χ1) is 8.65. The molecule has 1 aromatic heterocycles. The van der Waals surface area contributed by atoms with E-state index in [1.54, 1.807) is 11.3 Å². The molecule has 4 heteroatoms. The van der Waals surface area contributed by atoms with Gasteiger partial charge >= 0.3 is 0 Å². The van der Waals surface area contributed by atoms with Gasteiger partial charge in [0.25, 0.3) is 0 Å². The summed E-state index contributed by atoms with van der Waals surface area (Å²) in [7, 11) is 0. The molecule has 0 aromatic carbocycles. The average molecular weight is 259 g/mol. The molecule has 0 saturated carbocycles. The molecule has 2 aliphatic rings. The van der Waals surface area contributed by atoms with Gasteiger partial charge in [0.1, 0.15) is 0 Å². The third-order valence-electron chi connectivity index (χ3n) is 3.15. The standard InChI is InChI=1S/C14H13NO2S/c1-8-6-9(4-5-15-8)12-2-3-13(18-12)10-7-11(16)14(10)17/h2-4,6,15,17H,5,7H2,1H3. The number of hydrogen-bond donors (Lipinski definition) is 2. The number of thiophene rings is 1. The molecule has 1 aliphatic heterocycles. The molecular formula is C14H13NO2S. The molecular weight excluding hydrogens is 246 g/mol. The van der Waals surface area contributed by atoms with Crippen LogP contribution in [0.1, 0.15) is 23.1 Å². The number of aliphatic hydroxyl groups is 1. The fourth-order valence-electron chi connectivity index (χ4n) is 2.09. The fourth-order valence-corrected chi connectivity index (χ4v) is 3.15. The van der Waals surface area contributed by atoms with Gasteiger partial charge in [-0.15, -0.1) is 11.3 Å². The quantitative estimate of drug-likeness (QED) is 0.858. The van der Waals surface area contributed by atoms with Gasteiger partial charge in [0.05, 0.1) is 0 Å². The Labute approximate surface area is 109 Å². The third kappa shape index (κ3) is 1.78. The third-order valence-corrected chi connectivity index (χ3v) is 4.34. The second-order valence-corrected chi connectivity index (χ2v) is 5.54. The van der Waals surface area contributed by atoms with E-state index in [-0.39, 0.29) is 11.5 Å². The van der Waals surface area contributed by atoms with Gasteiger partial charge in [-0.3, -0.25) is 4.79 Å². The normalized spacial score (nSPS) is 19.1. The lowest BCUT2D eigenvalue weighted by atomic mass is 9.93. The second-order valence-electron chi connectivity index (χ2n) is 4.46. The number of allylic oxidation sites excluding steroid dienone is 5. The topological polar surface area (TPSA) is 49.3 Å². The Morgan fingerprint density at radius 2 is 2.11 bits per heavy atom. The maximum absolute atomic E-state index is 11.0. The van der Waals surface area contributed by atoms with E-state index in [1.165, 1.54) is 10.5 Å². The summed E-state index contributed by atoms with van der Waals surface area (Å²) in [6.45, 7) is 2.89. The highest BCUT2D eigenvalue weighted by Crippen LogP contribution is 2.37. The summed E-state index contributed by atoms with van der Waals surface area (Å²) >= 11 is 1.62. The number of carbonyl (C=O) groups excluding carboxylic acids is 1. The minimum Gasteiger partial charge on any atom is -0.504 e. The van der Waals surface area contributed by atoms with E-state index in [0.717, 1.165) is 22.7 Å². The maximum atomic E-state index is 11.0. The zero-order valence-corrected chi connectivity index (χ0v) is 10.8. The first-order valence-electron chi connectivity index (χ1n) is 5.83. The fraction of sp³-hybridized carbons (Fsp3) is 0.214. The van der Waals surface area contributed by atoms with Gasteiger partial charge in [-0.1, -0.05) is 6.08 Å². The van der Waals surface area contributed by atoms with Gasteiger partial charge in [0.15, 0.2) is 5.76 Å². The molecule has 3 rings (SSSR count). The minimum absolute atomic E-state index is 0.0607. The molecule has 92 valence electrons. The van der Waals surface area contributed by atoms with Crippen LogP contribution in [0.25, 0.3) is 11.1 Å². The molecule has 0 amide bonds. The molecule has 0 unspecified atom stereocenters. The lowest BCUT2D eigenvalue weighted by molar-refractivity contribution is -0.118. The Balaban J connectivity index is 1.91. The Morgan fingerprint density at radius 3 is 2.78 bits per heavy atom. The molecule has 1 aromatic rings. The lowest BCUT2D eigenvalue weighted by Crippen LogP contribution is -2.15. The number of carbonyl (C=O) groups is 1. The zero-order chi connectivity index (χ0) is 12.7. The smallest absolute Gasteiger partial charge is 0.202 e. The van der Waals surface area contributed by atoms with Crippen LogP contribution in [-0.4, -0.2) is 17.4 Å². The number of nitrogens with one attached hydrogen (secondary N) is 1. The van der Waals surface area contributed by atoms with E-state index in [9.17, 15) is 9.90 Å². The van der Waals surface area contributed by atoms with Crippen LogP contribution >= 0.6 is 11.3 Å². The largest absolute Gasteiger partial charge is 0.504 e. The minimum atomic E-state index is -0.156. The van der Waals surface area contributed by atoms with E-state index in [0.29, 0.717) is 6.42 Å². The molecule has 0 bridgehead atoms. The Hall–Kier alpha value is -1.81. The van der Waals surface area contributed by atoms with Crippen molar-refractivity contribution in [2.75, 3.05) is 6.54 Å². The highest BCUT2D eigenvalue weighted by atomic mass is 32.1. The first-order valence-corrected chi connectivity index (χ1v) is 6.65. The van der Waals surface area contributed by atoms with E-state index in [2.05, 4.69) is 17.5 Å². The maximum Gasteiger partial charge on any atom is 0.202 e. The predicted molar refractivity (Wildman–Crippen MR) is 73.2 cm³/mol. The van der Waals surface area contributed by atoms with Crippen molar-refractivity contribution in [1.29, 1.82) is 0 Å². The Bertz CT molecular complexity index is 619. The SMILES string of the molecule is CC1=CC(c2ccc(C3=C(O)C(=O)C3)s2)=CCN1. The van der Waals surface area contributed by atoms with Crippen LogP contribution in [0.4, 0.5) is 0 Å². The molecule has 0 atom stereocenters. The average Bonchev–Trinajstić information content (AvgIpc) is 2.84. The predicted octanol–water partition coefficient (Wildman–Crippen LogP) is 2.88. The summed E-state index contributed by atoms with van der Waals surface area (Å²) in [6, 6.07) is 4.02. The summed E-state index contributed by atoms with van der Waals surface area (Å²) in [4.78, 5) is 13.2. The van der Waals surface area contributed by atoms with Crippen LogP contribution in [0.3, 0.4) is 0 Å².